The average molecular weight is 271 g/mol. The molecule has 19 heavy (non-hydrogen) atoms. The Labute approximate surface area is 105 Å². The van der Waals surface area contributed by atoms with Gasteiger partial charge in [-0.05, 0) is 19.1 Å². The summed E-state index contributed by atoms with van der Waals surface area (Å²) >= 11 is 0. The van der Waals surface area contributed by atoms with Crippen molar-refractivity contribution in [3.05, 3.63) is 35.3 Å². The van der Waals surface area contributed by atoms with E-state index < -0.39 is 17.8 Å². The minimum atomic E-state index is -4.56. The number of nitrogens with zero attached hydrogens (tertiary/aromatic N) is 3. The quantitative estimate of drug-likeness (QED) is 0.850. The molecule has 0 radical (unpaired) electrons. The fourth-order valence-electron chi connectivity index (χ4n) is 1.63. The number of halogens is 3. The van der Waals surface area contributed by atoms with Crippen molar-refractivity contribution in [2.75, 3.05) is 0 Å². The first-order valence-electron chi connectivity index (χ1n) is 5.13. The van der Waals surface area contributed by atoms with E-state index in [9.17, 15) is 18.0 Å². The number of carboxylic acids is 1. The maximum Gasteiger partial charge on any atom is 0.433 e. The van der Waals surface area contributed by atoms with E-state index >= 15 is 0 Å². The molecule has 1 N–H and O–H groups in total. The van der Waals surface area contributed by atoms with Crippen LogP contribution in [0.4, 0.5) is 13.2 Å². The third-order valence-electron chi connectivity index (χ3n) is 2.42. The van der Waals surface area contributed by atoms with Crippen molar-refractivity contribution < 1.29 is 23.1 Å². The van der Waals surface area contributed by atoms with Crippen molar-refractivity contribution in [2.45, 2.75) is 13.1 Å². The molecule has 100 valence electrons. The normalized spacial score (nSPS) is 12.4. The summed E-state index contributed by atoms with van der Waals surface area (Å²) in [6.07, 6.45) is -1.55. The van der Waals surface area contributed by atoms with Gasteiger partial charge in [0.2, 0.25) is 0 Å². The number of hydrogen-bond donors (Lipinski definition) is 1. The lowest BCUT2D eigenvalue weighted by Gasteiger charge is -2.07. The number of fused-ring (bicyclic) bond motifs is 1. The molecule has 2 aromatic rings. The lowest BCUT2D eigenvalue weighted by molar-refractivity contribution is -0.142. The first kappa shape index (κ1) is 13.1. The van der Waals surface area contributed by atoms with Crippen molar-refractivity contribution in [2.24, 2.45) is 0 Å². The Morgan fingerprint density at radius 2 is 2.16 bits per heavy atom. The minimum Gasteiger partial charge on any atom is -0.478 e. The Hall–Kier alpha value is -2.38. The SMILES string of the molecule is Cc1nn2c(C(F)(F)F)ccnc2c1C=CC(=O)O. The Morgan fingerprint density at radius 1 is 1.47 bits per heavy atom. The zero-order chi connectivity index (χ0) is 14.2. The molecule has 0 spiro atoms. The number of alkyl halides is 3. The third kappa shape index (κ3) is 2.42. The van der Waals surface area contributed by atoms with Gasteiger partial charge in [0.25, 0.3) is 0 Å². The summed E-state index contributed by atoms with van der Waals surface area (Å²) in [6.45, 7) is 1.48. The molecule has 0 amide bonds. The van der Waals surface area contributed by atoms with Crippen LogP contribution in [0.5, 0.6) is 0 Å². The van der Waals surface area contributed by atoms with Crippen LogP contribution in [0.3, 0.4) is 0 Å². The fourth-order valence-corrected chi connectivity index (χ4v) is 1.63. The van der Waals surface area contributed by atoms with Gasteiger partial charge in [-0.2, -0.15) is 18.3 Å². The molecule has 0 aliphatic rings. The number of aromatic nitrogens is 3. The van der Waals surface area contributed by atoms with Crippen molar-refractivity contribution in [1.82, 2.24) is 14.6 Å². The molecule has 0 unspecified atom stereocenters. The topological polar surface area (TPSA) is 67.5 Å². The summed E-state index contributed by atoms with van der Waals surface area (Å²) in [5.74, 6) is -1.20. The summed E-state index contributed by atoms with van der Waals surface area (Å²) in [7, 11) is 0. The second kappa shape index (κ2) is 4.38. The van der Waals surface area contributed by atoms with Crippen LogP contribution in [0.15, 0.2) is 18.3 Å². The van der Waals surface area contributed by atoms with Gasteiger partial charge in [0.1, 0.15) is 5.69 Å². The number of aryl methyl sites for hydroxylation is 1. The standard InChI is InChI=1S/C11H8F3N3O2/c1-6-7(2-3-9(18)19)10-15-5-4-8(11(12,13)14)17(10)16-6/h2-5H,1H3,(H,18,19). The number of carboxylic acid groups (broad SMARTS) is 1. The van der Waals surface area contributed by atoms with Crippen molar-refractivity contribution in [3.63, 3.8) is 0 Å². The minimum absolute atomic E-state index is 0.0372. The monoisotopic (exact) mass is 271 g/mol. The molecular weight excluding hydrogens is 263 g/mol. The maximum atomic E-state index is 12.8. The predicted octanol–water partition coefficient (Wildman–Crippen LogP) is 2.15. The van der Waals surface area contributed by atoms with Gasteiger partial charge < -0.3 is 5.11 Å². The molecule has 8 heteroatoms. The highest BCUT2D eigenvalue weighted by Gasteiger charge is 2.34. The van der Waals surface area contributed by atoms with Crippen LogP contribution in [0, 0.1) is 6.92 Å². The highest BCUT2D eigenvalue weighted by Crippen LogP contribution is 2.30. The average Bonchev–Trinajstić information content (AvgIpc) is 2.60. The Kier molecular flexibility index (Phi) is 3.01. The summed E-state index contributed by atoms with van der Waals surface area (Å²) in [5, 5.41) is 12.3. The van der Waals surface area contributed by atoms with Crippen molar-refractivity contribution in [3.8, 4) is 0 Å². The molecule has 0 aliphatic heterocycles. The Morgan fingerprint density at radius 3 is 2.74 bits per heavy atom. The predicted molar refractivity (Wildman–Crippen MR) is 59.4 cm³/mol. The number of hydrogen-bond acceptors (Lipinski definition) is 3. The lowest BCUT2D eigenvalue weighted by Crippen LogP contribution is -2.12. The van der Waals surface area contributed by atoms with Gasteiger partial charge in [-0.15, -0.1) is 0 Å². The smallest absolute Gasteiger partial charge is 0.433 e. The van der Waals surface area contributed by atoms with Crippen LogP contribution in [0.1, 0.15) is 17.0 Å². The van der Waals surface area contributed by atoms with Crippen LogP contribution >= 0.6 is 0 Å². The summed E-state index contributed by atoms with van der Waals surface area (Å²) in [6, 6.07) is 0.810. The molecular formula is C11H8F3N3O2. The summed E-state index contributed by atoms with van der Waals surface area (Å²) in [4.78, 5) is 14.3. The molecule has 0 atom stereocenters. The highest BCUT2D eigenvalue weighted by molar-refractivity contribution is 5.87. The van der Waals surface area contributed by atoms with Crippen LogP contribution in [-0.4, -0.2) is 25.7 Å². The van der Waals surface area contributed by atoms with Gasteiger partial charge in [-0.3, -0.25) is 0 Å². The maximum absolute atomic E-state index is 12.8. The third-order valence-corrected chi connectivity index (χ3v) is 2.42. The van der Waals surface area contributed by atoms with Crippen LogP contribution in [-0.2, 0) is 11.0 Å². The van der Waals surface area contributed by atoms with Crippen LogP contribution in [0.25, 0.3) is 11.7 Å². The van der Waals surface area contributed by atoms with E-state index in [1.165, 1.54) is 13.0 Å². The van der Waals surface area contributed by atoms with E-state index in [4.69, 9.17) is 5.11 Å². The molecule has 0 bridgehead atoms. The van der Waals surface area contributed by atoms with Gasteiger partial charge in [0.15, 0.2) is 5.65 Å². The van der Waals surface area contributed by atoms with Crippen molar-refractivity contribution >= 4 is 17.7 Å². The van der Waals surface area contributed by atoms with Gasteiger partial charge >= 0.3 is 12.1 Å². The van der Waals surface area contributed by atoms with Gasteiger partial charge in [-0.1, -0.05) is 0 Å². The highest BCUT2D eigenvalue weighted by atomic mass is 19.4. The van der Waals surface area contributed by atoms with E-state index in [-0.39, 0.29) is 16.9 Å². The Balaban J connectivity index is 2.69. The number of aliphatic carboxylic acids is 1. The van der Waals surface area contributed by atoms with E-state index in [0.29, 0.717) is 4.52 Å². The second-order valence-corrected chi connectivity index (χ2v) is 3.73. The van der Waals surface area contributed by atoms with E-state index in [1.54, 1.807) is 0 Å². The number of rotatable bonds is 2. The van der Waals surface area contributed by atoms with Gasteiger partial charge in [-0.25, -0.2) is 14.3 Å². The fraction of sp³-hybridized carbons (Fsp3) is 0.182. The van der Waals surface area contributed by atoms with Crippen LogP contribution < -0.4 is 0 Å². The molecule has 0 saturated carbocycles. The molecule has 2 rings (SSSR count). The molecule has 2 aromatic heterocycles. The molecule has 0 fully saturated rings. The van der Waals surface area contributed by atoms with Crippen LogP contribution in [0.2, 0.25) is 0 Å². The zero-order valence-corrected chi connectivity index (χ0v) is 9.64. The van der Waals surface area contributed by atoms with E-state index in [1.807, 2.05) is 0 Å². The summed E-state index contributed by atoms with van der Waals surface area (Å²) in [5.41, 5.74) is -0.490. The molecule has 0 aliphatic carbocycles. The zero-order valence-electron chi connectivity index (χ0n) is 9.64. The molecule has 0 saturated heterocycles. The Bertz CT molecular complexity index is 674. The summed E-state index contributed by atoms with van der Waals surface area (Å²) < 4.78 is 39.0. The van der Waals surface area contributed by atoms with Gasteiger partial charge in [0.05, 0.1) is 5.69 Å². The largest absolute Gasteiger partial charge is 0.478 e. The van der Waals surface area contributed by atoms with E-state index in [0.717, 1.165) is 18.3 Å². The molecule has 2 heterocycles. The first-order chi connectivity index (χ1) is 8.80. The van der Waals surface area contributed by atoms with E-state index in [2.05, 4.69) is 10.1 Å². The van der Waals surface area contributed by atoms with Crippen molar-refractivity contribution in [1.29, 1.82) is 0 Å². The molecule has 5 nitrogen and oxygen atoms in total. The number of carbonyl (C=O) groups is 1. The molecule has 0 aromatic carbocycles. The second-order valence-electron chi connectivity index (χ2n) is 3.73. The first-order valence-corrected chi connectivity index (χ1v) is 5.13. The van der Waals surface area contributed by atoms with Gasteiger partial charge in [0, 0.05) is 17.8 Å². The lowest BCUT2D eigenvalue weighted by atomic mass is 10.2.